The largest absolute Gasteiger partial charge is 0.497 e. The molecule has 43 heavy (non-hydrogen) atoms. The summed E-state index contributed by atoms with van der Waals surface area (Å²) in [7, 11) is 1.55. The first-order valence-corrected chi connectivity index (χ1v) is 14.6. The van der Waals surface area contributed by atoms with Crippen molar-refractivity contribution in [3.8, 4) is 11.5 Å². The number of fused-ring (bicyclic) bond motifs is 5. The van der Waals surface area contributed by atoms with Gasteiger partial charge in [-0.2, -0.15) is 0 Å². The van der Waals surface area contributed by atoms with Gasteiger partial charge in [-0.1, -0.05) is 78.4 Å². The third kappa shape index (κ3) is 3.83. The summed E-state index contributed by atoms with van der Waals surface area (Å²) in [6.45, 7) is 2.26. The molecule has 4 aromatic carbocycles. The number of carbonyl (C=O) groups excluding carboxylic acids is 3. The van der Waals surface area contributed by atoms with E-state index in [9.17, 15) is 14.4 Å². The van der Waals surface area contributed by atoms with Gasteiger partial charge in [-0.25, -0.2) is 0 Å². The van der Waals surface area contributed by atoms with Crippen LogP contribution in [0.4, 0.5) is 5.69 Å². The highest BCUT2D eigenvalue weighted by molar-refractivity contribution is 6.33. The van der Waals surface area contributed by atoms with Crippen LogP contribution in [0.3, 0.4) is 0 Å². The van der Waals surface area contributed by atoms with Gasteiger partial charge in [-0.05, 0) is 48.9 Å². The van der Waals surface area contributed by atoms with Gasteiger partial charge in [0.25, 0.3) is 0 Å². The first-order chi connectivity index (χ1) is 20.9. The molecule has 0 unspecified atom stereocenters. The maximum absolute atomic E-state index is 14.9. The lowest BCUT2D eigenvalue weighted by Crippen LogP contribution is -2.48. The van der Waals surface area contributed by atoms with Crippen molar-refractivity contribution in [2.75, 3.05) is 18.6 Å². The Labute approximate surface area is 254 Å². The minimum atomic E-state index is -1.62. The number of hydrogen-bond acceptors (Lipinski definition) is 6. The Kier molecular flexibility index (Phi) is 6.47. The third-order valence-corrected chi connectivity index (χ3v) is 9.18. The van der Waals surface area contributed by atoms with Gasteiger partial charge >= 0.3 is 0 Å². The SMILES string of the molecule is CCOc1ccccc1[C@@H]1[C@H](C(=O)c2cccc(OC)c2)N2c3ccc(Cl)cc3C=C[C@@H]2C12C(=O)c1ccccc1C2=O. The zero-order valence-electron chi connectivity index (χ0n) is 23.6. The molecule has 7 rings (SSSR count). The number of carbonyl (C=O) groups is 3. The molecule has 3 aliphatic rings. The van der Waals surface area contributed by atoms with Gasteiger partial charge in [-0.15, -0.1) is 0 Å². The highest BCUT2D eigenvalue weighted by Gasteiger charge is 2.72. The van der Waals surface area contributed by atoms with Gasteiger partial charge in [0.2, 0.25) is 0 Å². The van der Waals surface area contributed by atoms with E-state index in [4.69, 9.17) is 21.1 Å². The summed E-state index contributed by atoms with van der Waals surface area (Å²) in [6.07, 6.45) is 3.78. The third-order valence-electron chi connectivity index (χ3n) is 8.94. The summed E-state index contributed by atoms with van der Waals surface area (Å²) >= 11 is 6.40. The van der Waals surface area contributed by atoms with Crippen molar-refractivity contribution < 1.29 is 23.9 Å². The first-order valence-electron chi connectivity index (χ1n) is 14.3. The number of hydrogen-bond donors (Lipinski definition) is 0. The van der Waals surface area contributed by atoms with Crippen LogP contribution in [-0.4, -0.2) is 43.2 Å². The topological polar surface area (TPSA) is 72.9 Å². The Bertz CT molecular complexity index is 1810. The van der Waals surface area contributed by atoms with Crippen molar-refractivity contribution in [3.05, 3.63) is 130 Å². The number of rotatable bonds is 6. The number of ketones is 3. The molecule has 0 saturated carbocycles. The van der Waals surface area contributed by atoms with Gasteiger partial charge in [-0.3, -0.25) is 14.4 Å². The van der Waals surface area contributed by atoms with Crippen molar-refractivity contribution in [2.45, 2.75) is 24.9 Å². The normalized spacial score (nSPS) is 21.0. The lowest BCUT2D eigenvalue weighted by atomic mass is 9.64. The van der Waals surface area contributed by atoms with E-state index in [1.54, 1.807) is 61.7 Å². The summed E-state index contributed by atoms with van der Waals surface area (Å²) in [5.74, 6) is -0.616. The van der Waals surface area contributed by atoms with E-state index >= 15 is 0 Å². The zero-order chi connectivity index (χ0) is 29.9. The molecule has 3 atom stereocenters. The molecule has 0 aromatic heterocycles. The molecule has 7 heteroatoms. The molecule has 1 fully saturated rings. The summed E-state index contributed by atoms with van der Waals surface area (Å²) < 4.78 is 11.6. The predicted molar refractivity (Wildman–Crippen MR) is 166 cm³/mol. The average Bonchev–Trinajstić information content (AvgIpc) is 3.47. The lowest BCUT2D eigenvalue weighted by Gasteiger charge is -2.37. The minimum Gasteiger partial charge on any atom is -0.497 e. The minimum absolute atomic E-state index is 0.232. The molecule has 0 radical (unpaired) electrons. The first kappa shape index (κ1) is 27.2. The standard InChI is InChI=1S/C36H28ClNO5/c1-3-43-29-14-7-6-13-27(29)31-32(33(39)22-9-8-10-24(20-22)42-2)38-28-17-16-23(37)19-21(28)15-18-30(38)36(31)34(40)25-11-4-5-12-26(25)35(36)41/h4-20,30-32H,3H2,1-2H3/t30-,31-,32-/m1/s1. The van der Waals surface area contributed by atoms with E-state index in [1.807, 2.05) is 60.4 Å². The quantitative estimate of drug-likeness (QED) is 0.177. The Morgan fingerprint density at radius 3 is 2.35 bits per heavy atom. The van der Waals surface area contributed by atoms with Crippen LogP contribution in [0.1, 0.15) is 55.0 Å². The molecule has 0 amide bonds. The maximum Gasteiger partial charge on any atom is 0.186 e. The van der Waals surface area contributed by atoms with Crippen LogP contribution >= 0.6 is 11.6 Å². The van der Waals surface area contributed by atoms with Gasteiger partial charge in [0.15, 0.2) is 17.3 Å². The second kappa shape index (κ2) is 10.2. The van der Waals surface area contributed by atoms with E-state index in [0.29, 0.717) is 45.4 Å². The molecule has 6 nitrogen and oxygen atoms in total. The highest BCUT2D eigenvalue weighted by atomic mass is 35.5. The van der Waals surface area contributed by atoms with E-state index in [1.165, 1.54) is 0 Å². The zero-order valence-corrected chi connectivity index (χ0v) is 24.4. The fourth-order valence-electron chi connectivity index (χ4n) is 7.26. The monoisotopic (exact) mass is 589 g/mol. The van der Waals surface area contributed by atoms with Gasteiger partial charge in [0.1, 0.15) is 23.0 Å². The number of Topliss-reactive ketones (excluding diaryl/α,β-unsaturated/α-hetero) is 3. The second-order valence-electron chi connectivity index (χ2n) is 11.0. The molecular weight excluding hydrogens is 562 g/mol. The molecule has 1 saturated heterocycles. The smallest absolute Gasteiger partial charge is 0.186 e. The number of para-hydroxylation sites is 1. The lowest BCUT2D eigenvalue weighted by molar-refractivity contribution is 0.0664. The van der Waals surface area contributed by atoms with Crippen LogP contribution in [0, 0.1) is 5.41 Å². The predicted octanol–water partition coefficient (Wildman–Crippen LogP) is 7.06. The fraction of sp³-hybridized carbons (Fsp3) is 0.194. The van der Waals surface area contributed by atoms with Crippen molar-refractivity contribution in [1.82, 2.24) is 0 Å². The maximum atomic E-state index is 14.9. The number of benzene rings is 4. The number of methoxy groups -OCH3 is 1. The van der Waals surface area contributed by atoms with Gasteiger partial charge < -0.3 is 14.4 Å². The molecular formula is C36H28ClNO5. The van der Waals surface area contributed by atoms with E-state index in [-0.39, 0.29) is 17.3 Å². The van der Waals surface area contributed by atoms with Crippen molar-refractivity contribution >= 4 is 40.7 Å². The van der Waals surface area contributed by atoms with E-state index in [2.05, 4.69) is 0 Å². The summed E-state index contributed by atoms with van der Waals surface area (Å²) in [5, 5.41) is 0.546. The van der Waals surface area contributed by atoms with Crippen LogP contribution in [0.15, 0.2) is 97.1 Å². The molecule has 2 aliphatic heterocycles. The van der Waals surface area contributed by atoms with Crippen LogP contribution in [0.5, 0.6) is 11.5 Å². The van der Waals surface area contributed by atoms with Gasteiger partial charge in [0, 0.05) is 38.9 Å². The van der Waals surface area contributed by atoms with Crippen molar-refractivity contribution in [2.24, 2.45) is 5.41 Å². The highest BCUT2D eigenvalue weighted by Crippen LogP contribution is 2.62. The van der Waals surface area contributed by atoms with Crippen LogP contribution in [0.2, 0.25) is 5.02 Å². The molecule has 2 heterocycles. The number of ether oxygens (including phenoxy) is 2. The molecule has 0 bridgehead atoms. The number of nitrogens with zero attached hydrogens (tertiary/aromatic N) is 1. The fourth-order valence-corrected chi connectivity index (χ4v) is 7.44. The van der Waals surface area contributed by atoms with Crippen LogP contribution in [-0.2, 0) is 0 Å². The molecule has 4 aromatic rings. The van der Waals surface area contributed by atoms with Crippen LogP contribution in [0.25, 0.3) is 6.08 Å². The molecule has 0 N–H and O–H groups in total. The van der Waals surface area contributed by atoms with E-state index in [0.717, 1.165) is 11.3 Å². The molecule has 1 spiro atoms. The Balaban J connectivity index is 1.56. The summed E-state index contributed by atoms with van der Waals surface area (Å²) in [6, 6.07) is 25.1. The summed E-state index contributed by atoms with van der Waals surface area (Å²) in [5.41, 5.74) is 1.70. The Hall–Kier alpha value is -4.68. The Morgan fingerprint density at radius 2 is 1.63 bits per heavy atom. The average molecular weight is 590 g/mol. The summed E-state index contributed by atoms with van der Waals surface area (Å²) in [4.78, 5) is 46.5. The second-order valence-corrected chi connectivity index (χ2v) is 11.4. The number of halogens is 1. The molecule has 214 valence electrons. The van der Waals surface area contributed by atoms with Crippen LogP contribution < -0.4 is 14.4 Å². The Morgan fingerprint density at radius 1 is 0.907 bits per heavy atom. The van der Waals surface area contributed by atoms with Crippen molar-refractivity contribution in [1.29, 1.82) is 0 Å². The number of anilines is 1. The molecule has 1 aliphatic carbocycles. The van der Waals surface area contributed by atoms with Gasteiger partial charge in [0.05, 0.1) is 19.8 Å². The van der Waals surface area contributed by atoms with Crippen molar-refractivity contribution in [3.63, 3.8) is 0 Å². The van der Waals surface area contributed by atoms with E-state index < -0.39 is 23.4 Å².